The number of aliphatic hydroxyl groups is 2. The maximum atomic E-state index is 11.5. The van der Waals surface area contributed by atoms with Crippen LogP contribution in [0.4, 0.5) is 0 Å². The molecule has 0 aromatic carbocycles. The van der Waals surface area contributed by atoms with Gasteiger partial charge in [-0.2, -0.15) is 4.31 Å². The SMILES string of the molecule is COP(=O)(O)OP(=O)(O)OP(O)(=S)OC[C@H]1O[C@@H](C)[C@@H](O)C1O. The molecule has 0 aromatic rings. The molecule has 1 fully saturated rings. The predicted molar refractivity (Wildman–Crippen MR) is 77.6 cm³/mol. The third-order valence-electron chi connectivity index (χ3n) is 2.65. The zero-order valence-corrected chi connectivity index (χ0v) is 15.4. The van der Waals surface area contributed by atoms with E-state index >= 15 is 0 Å². The highest BCUT2D eigenvalue weighted by Crippen LogP contribution is 2.67. The van der Waals surface area contributed by atoms with Crippen LogP contribution in [0.2, 0.25) is 0 Å². The molecule has 7 atom stereocenters. The number of hydrogen-bond acceptors (Lipinski definition) is 10. The Morgan fingerprint density at radius 2 is 1.65 bits per heavy atom. The van der Waals surface area contributed by atoms with Gasteiger partial charge in [0.25, 0.3) is 0 Å². The second-order valence-corrected chi connectivity index (χ2v) is 10.5. The fraction of sp³-hybridized carbons (Fsp3) is 1.00. The average molecular weight is 418 g/mol. The Labute approximate surface area is 136 Å². The highest BCUT2D eigenvalue weighted by molar-refractivity contribution is 8.08. The van der Waals surface area contributed by atoms with Crippen molar-refractivity contribution in [2.45, 2.75) is 31.3 Å². The fourth-order valence-corrected chi connectivity index (χ4v) is 5.78. The molecular formula is C7H17O12P3S. The fourth-order valence-electron chi connectivity index (χ4n) is 1.57. The van der Waals surface area contributed by atoms with E-state index < -0.39 is 53.4 Å². The van der Waals surface area contributed by atoms with Crippen LogP contribution in [0.5, 0.6) is 0 Å². The molecule has 1 aliphatic rings. The summed E-state index contributed by atoms with van der Waals surface area (Å²) in [5.41, 5.74) is 0. The van der Waals surface area contributed by atoms with Gasteiger partial charge in [-0.05, 0) is 18.7 Å². The third-order valence-corrected chi connectivity index (χ3v) is 7.80. The van der Waals surface area contributed by atoms with E-state index in [-0.39, 0.29) is 0 Å². The van der Waals surface area contributed by atoms with Gasteiger partial charge in [0.05, 0.1) is 12.7 Å². The minimum atomic E-state index is -5.27. The maximum absolute atomic E-state index is 11.5. The topological polar surface area (TPSA) is 181 Å². The Hall–Kier alpha value is 0.710. The Balaban J connectivity index is 2.61. The molecule has 12 nitrogen and oxygen atoms in total. The van der Waals surface area contributed by atoms with Crippen LogP contribution in [0.15, 0.2) is 0 Å². The summed E-state index contributed by atoms with van der Waals surface area (Å²) in [4.78, 5) is 27.8. The zero-order chi connectivity index (χ0) is 18.1. The van der Waals surface area contributed by atoms with Crippen molar-refractivity contribution >= 4 is 34.2 Å². The highest BCUT2D eigenvalue weighted by atomic mass is 32.5. The lowest BCUT2D eigenvalue weighted by Gasteiger charge is -2.21. The second kappa shape index (κ2) is 7.94. The van der Waals surface area contributed by atoms with Gasteiger partial charge in [-0.25, -0.2) is 13.4 Å². The molecule has 0 radical (unpaired) electrons. The largest absolute Gasteiger partial charge is 0.488 e. The third kappa shape index (κ3) is 6.85. The molecule has 1 aliphatic heterocycles. The summed E-state index contributed by atoms with van der Waals surface area (Å²) in [6, 6.07) is 0. The van der Waals surface area contributed by atoms with Crippen molar-refractivity contribution < 1.29 is 56.4 Å². The summed E-state index contributed by atoms with van der Waals surface area (Å²) in [6.45, 7) is -3.48. The number of aliphatic hydroxyl groups excluding tert-OH is 2. The summed E-state index contributed by atoms with van der Waals surface area (Å²) < 4.78 is 44.2. The van der Waals surface area contributed by atoms with Gasteiger partial charge in [-0.15, -0.1) is 0 Å². The molecule has 23 heavy (non-hydrogen) atoms. The van der Waals surface area contributed by atoms with E-state index in [9.17, 15) is 29.1 Å². The summed E-state index contributed by atoms with van der Waals surface area (Å²) >= 11 is 4.45. The molecule has 1 saturated heterocycles. The van der Waals surface area contributed by atoms with Crippen LogP contribution < -0.4 is 0 Å². The van der Waals surface area contributed by atoms with Crippen LogP contribution in [-0.4, -0.2) is 63.0 Å². The quantitative estimate of drug-likeness (QED) is 0.322. The predicted octanol–water partition coefficient (Wildman–Crippen LogP) is -0.391. The number of hydrogen-bond donors (Lipinski definition) is 5. The molecule has 0 bridgehead atoms. The monoisotopic (exact) mass is 418 g/mol. The Bertz CT molecular complexity index is 555. The molecule has 0 saturated carbocycles. The van der Waals surface area contributed by atoms with Crippen molar-refractivity contribution in [3.63, 3.8) is 0 Å². The molecule has 0 amide bonds. The Morgan fingerprint density at radius 1 is 1.09 bits per heavy atom. The van der Waals surface area contributed by atoms with E-state index in [4.69, 9.17) is 14.2 Å². The molecule has 138 valence electrons. The lowest BCUT2D eigenvalue weighted by molar-refractivity contribution is -0.0134. The molecule has 1 heterocycles. The molecule has 0 aliphatic carbocycles. The van der Waals surface area contributed by atoms with Crippen molar-refractivity contribution in [1.29, 1.82) is 0 Å². The van der Waals surface area contributed by atoms with Gasteiger partial charge in [0.1, 0.15) is 18.3 Å². The smallest absolute Gasteiger partial charge is 0.388 e. The van der Waals surface area contributed by atoms with Gasteiger partial charge < -0.3 is 34.2 Å². The number of phosphoric ester groups is 1. The van der Waals surface area contributed by atoms with Gasteiger partial charge >= 0.3 is 22.4 Å². The lowest BCUT2D eigenvalue weighted by Crippen LogP contribution is -2.33. The lowest BCUT2D eigenvalue weighted by atomic mass is 10.1. The van der Waals surface area contributed by atoms with Crippen molar-refractivity contribution in [2.75, 3.05) is 13.7 Å². The normalized spacial score (nSPS) is 36.1. The summed E-state index contributed by atoms with van der Waals surface area (Å²) in [7, 11) is -9.42. The number of rotatable bonds is 8. The van der Waals surface area contributed by atoms with Crippen LogP contribution in [-0.2, 0) is 43.3 Å². The van der Waals surface area contributed by atoms with E-state index in [0.29, 0.717) is 0 Å². The molecule has 1 rings (SSSR count). The minimum absolute atomic E-state index is 0.572. The van der Waals surface area contributed by atoms with E-state index in [2.05, 4.69) is 25.0 Å². The van der Waals surface area contributed by atoms with Crippen molar-refractivity contribution in [3.8, 4) is 0 Å². The van der Waals surface area contributed by atoms with E-state index in [0.717, 1.165) is 7.11 Å². The van der Waals surface area contributed by atoms with Gasteiger partial charge in [0.2, 0.25) is 0 Å². The van der Waals surface area contributed by atoms with Gasteiger partial charge in [-0.3, -0.25) is 4.52 Å². The highest BCUT2D eigenvalue weighted by Gasteiger charge is 2.43. The van der Waals surface area contributed by atoms with E-state index in [1.54, 1.807) is 0 Å². The van der Waals surface area contributed by atoms with Gasteiger partial charge in [-0.1, -0.05) is 0 Å². The standard InChI is InChI=1S/C7H17O12P3S/c1-4-6(8)7(9)5(17-4)3-16-22(14,23)19-21(12,13)18-20(10,11)15-2/h4-9H,3H2,1-2H3,(H,10,11)(H,12,13)(H,14,23)/t4-,5+,6+,7?,22?/m0/s1. The number of ether oxygens (including phenoxy) is 1. The van der Waals surface area contributed by atoms with Crippen LogP contribution in [0, 0.1) is 0 Å². The first-order valence-corrected chi connectivity index (χ1v) is 11.5. The molecule has 4 unspecified atom stereocenters. The molecule has 0 spiro atoms. The summed E-state index contributed by atoms with van der Waals surface area (Å²) in [5, 5.41) is 19.1. The maximum Gasteiger partial charge on any atom is 0.488 e. The first-order chi connectivity index (χ1) is 10.3. The van der Waals surface area contributed by atoms with Crippen LogP contribution >= 0.6 is 22.4 Å². The van der Waals surface area contributed by atoms with Gasteiger partial charge in [0, 0.05) is 7.11 Å². The first kappa shape index (κ1) is 21.8. The molecule has 5 N–H and O–H groups in total. The molecule has 16 heteroatoms. The van der Waals surface area contributed by atoms with Crippen LogP contribution in [0.3, 0.4) is 0 Å². The van der Waals surface area contributed by atoms with Crippen molar-refractivity contribution in [1.82, 2.24) is 0 Å². The number of phosphoric acid groups is 2. The molecular weight excluding hydrogens is 401 g/mol. The second-order valence-electron chi connectivity index (χ2n) is 4.41. The summed E-state index contributed by atoms with van der Waals surface area (Å²) in [5.74, 6) is 0. The summed E-state index contributed by atoms with van der Waals surface area (Å²) in [6.07, 6.45) is -4.29. The van der Waals surface area contributed by atoms with Crippen molar-refractivity contribution in [2.24, 2.45) is 0 Å². The van der Waals surface area contributed by atoms with Gasteiger partial charge in [0.15, 0.2) is 0 Å². The minimum Gasteiger partial charge on any atom is -0.388 e. The van der Waals surface area contributed by atoms with Crippen molar-refractivity contribution in [3.05, 3.63) is 0 Å². The average Bonchev–Trinajstić information content (AvgIpc) is 2.61. The Kier molecular flexibility index (Phi) is 7.51. The Morgan fingerprint density at radius 3 is 2.09 bits per heavy atom. The first-order valence-electron chi connectivity index (χ1n) is 5.91. The van der Waals surface area contributed by atoms with E-state index in [1.807, 2.05) is 0 Å². The molecule has 0 aromatic heterocycles. The zero-order valence-electron chi connectivity index (χ0n) is 11.9. The van der Waals surface area contributed by atoms with Crippen LogP contribution in [0.1, 0.15) is 6.92 Å². The van der Waals surface area contributed by atoms with Crippen LogP contribution in [0.25, 0.3) is 0 Å². The van der Waals surface area contributed by atoms with E-state index in [1.165, 1.54) is 6.92 Å².